The van der Waals surface area contributed by atoms with Gasteiger partial charge in [0.05, 0.1) is 13.2 Å². The molecule has 6 unspecified atom stereocenters. The van der Waals surface area contributed by atoms with Gasteiger partial charge in [0.25, 0.3) is 0 Å². The zero-order valence-electron chi connectivity index (χ0n) is 40.8. The van der Waals surface area contributed by atoms with Crippen LogP contribution in [-0.2, 0) is 28.5 Å². The van der Waals surface area contributed by atoms with Crippen molar-refractivity contribution in [3.63, 3.8) is 0 Å². The van der Waals surface area contributed by atoms with Crippen LogP contribution >= 0.6 is 0 Å². The fourth-order valence-corrected chi connectivity index (χ4v) is 8.42. The lowest BCUT2D eigenvalue weighted by atomic mass is 9.99. The van der Waals surface area contributed by atoms with Crippen molar-refractivity contribution in [1.82, 2.24) is 0 Å². The molecule has 10 heteroatoms. The Morgan fingerprint density at radius 2 is 0.841 bits per heavy atom. The maximum absolute atomic E-state index is 12.8. The Morgan fingerprint density at radius 1 is 0.476 bits per heavy atom. The molecule has 4 N–H and O–H groups in total. The summed E-state index contributed by atoms with van der Waals surface area (Å²) < 4.78 is 22.3. The van der Waals surface area contributed by atoms with E-state index in [4.69, 9.17) is 18.9 Å². The van der Waals surface area contributed by atoms with Gasteiger partial charge in [-0.2, -0.15) is 0 Å². The molecule has 0 saturated carbocycles. The fourth-order valence-electron chi connectivity index (χ4n) is 8.42. The van der Waals surface area contributed by atoms with Crippen molar-refractivity contribution in [3.05, 3.63) is 12.2 Å². The summed E-state index contributed by atoms with van der Waals surface area (Å²) in [5, 5.41) is 40.2. The zero-order valence-corrected chi connectivity index (χ0v) is 40.8. The van der Waals surface area contributed by atoms with Crippen LogP contribution in [0.2, 0.25) is 0 Å². The molecule has 0 bridgehead atoms. The number of rotatable bonds is 46. The Balaban J connectivity index is 2.20. The molecule has 10 nitrogen and oxygen atoms in total. The topological polar surface area (TPSA) is 152 Å². The van der Waals surface area contributed by atoms with E-state index in [1.54, 1.807) is 0 Å². The van der Waals surface area contributed by atoms with Crippen LogP contribution in [0, 0.1) is 0 Å². The first-order valence-corrected chi connectivity index (χ1v) is 26.8. The molecule has 0 aromatic rings. The lowest BCUT2D eigenvalue weighted by Gasteiger charge is -2.39. The average Bonchev–Trinajstić information content (AvgIpc) is 3.28. The van der Waals surface area contributed by atoms with Gasteiger partial charge in [0.2, 0.25) is 0 Å². The van der Waals surface area contributed by atoms with Crippen LogP contribution < -0.4 is 0 Å². The number of carbonyl (C=O) groups excluding carboxylic acids is 2. The molecule has 0 aliphatic carbocycles. The van der Waals surface area contributed by atoms with Gasteiger partial charge in [-0.1, -0.05) is 219 Å². The van der Waals surface area contributed by atoms with Crippen molar-refractivity contribution < 1.29 is 49.0 Å². The van der Waals surface area contributed by atoms with E-state index in [0.29, 0.717) is 6.42 Å². The highest BCUT2D eigenvalue weighted by Gasteiger charge is 2.44. The molecule has 0 spiro atoms. The number of hydrogen-bond acceptors (Lipinski definition) is 10. The number of aliphatic hydroxyl groups excluding tert-OH is 4. The molecule has 0 amide bonds. The lowest BCUT2D eigenvalue weighted by molar-refractivity contribution is -0.305. The highest BCUT2D eigenvalue weighted by molar-refractivity contribution is 5.70. The number of esters is 2. The van der Waals surface area contributed by atoms with E-state index in [-0.39, 0.29) is 32.0 Å². The molecule has 0 aromatic heterocycles. The van der Waals surface area contributed by atoms with Gasteiger partial charge in [-0.25, -0.2) is 0 Å². The van der Waals surface area contributed by atoms with Crippen molar-refractivity contribution in [2.75, 3.05) is 19.8 Å². The van der Waals surface area contributed by atoms with Gasteiger partial charge >= 0.3 is 11.9 Å². The van der Waals surface area contributed by atoms with Crippen LogP contribution in [0.3, 0.4) is 0 Å². The Labute approximate surface area is 386 Å². The van der Waals surface area contributed by atoms with Gasteiger partial charge in [-0.05, 0) is 38.5 Å². The van der Waals surface area contributed by atoms with Gasteiger partial charge in [-0.3, -0.25) is 9.59 Å². The van der Waals surface area contributed by atoms with Gasteiger partial charge in [-0.15, -0.1) is 0 Å². The second-order valence-electron chi connectivity index (χ2n) is 18.7. The lowest BCUT2D eigenvalue weighted by Crippen LogP contribution is -2.59. The first kappa shape index (κ1) is 59.5. The van der Waals surface area contributed by atoms with E-state index in [1.807, 2.05) is 0 Å². The second kappa shape index (κ2) is 44.3. The van der Waals surface area contributed by atoms with Crippen molar-refractivity contribution in [2.45, 2.75) is 295 Å². The monoisotopic (exact) mass is 897 g/mol. The van der Waals surface area contributed by atoms with Crippen LogP contribution in [0.15, 0.2) is 12.2 Å². The molecule has 0 aromatic carbocycles. The smallest absolute Gasteiger partial charge is 0.306 e. The van der Waals surface area contributed by atoms with Crippen molar-refractivity contribution >= 4 is 11.9 Å². The maximum atomic E-state index is 12.8. The van der Waals surface area contributed by atoms with Gasteiger partial charge < -0.3 is 39.4 Å². The van der Waals surface area contributed by atoms with Crippen LogP contribution in [-0.4, -0.2) is 89.0 Å². The van der Waals surface area contributed by atoms with E-state index in [9.17, 15) is 30.0 Å². The molecule has 0 radical (unpaired) electrons. The Morgan fingerprint density at radius 3 is 1.24 bits per heavy atom. The van der Waals surface area contributed by atoms with E-state index >= 15 is 0 Å². The minimum Gasteiger partial charge on any atom is -0.462 e. The summed E-state index contributed by atoms with van der Waals surface area (Å²) in [5.74, 6) is -0.800. The van der Waals surface area contributed by atoms with Gasteiger partial charge in [0, 0.05) is 12.8 Å². The Kier molecular flexibility index (Phi) is 41.8. The molecule has 372 valence electrons. The third-order valence-electron chi connectivity index (χ3n) is 12.7. The molecular formula is C53H100O10. The molecule has 1 rings (SSSR count). The summed E-state index contributed by atoms with van der Waals surface area (Å²) in [4.78, 5) is 25.4. The SMILES string of the molecule is CCCCCCCC/C=C\CCCCCCCC(=O)OC(COC(=O)CCCCCCCCCCCCCCCCCCCCCCCCC)COC1OC(CO)C(O)C(O)C1O. The van der Waals surface area contributed by atoms with E-state index in [2.05, 4.69) is 26.0 Å². The van der Waals surface area contributed by atoms with Crippen molar-refractivity contribution in [1.29, 1.82) is 0 Å². The van der Waals surface area contributed by atoms with Crippen molar-refractivity contribution in [2.24, 2.45) is 0 Å². The molecular weight excluding hydrogens is 797 g/mol. The highest BCUT2D eigenvalue weighted by atomic mass is 16.7. The van der Waals surface area contributed by atoms with Crippen LogP contribution in [0.4, 0.5) is 0 Å². The quantitative estimate of drug-likeness (QED) is 0.0264. The number of carbonyl (C=O) groups is 2. The Bertz CT molecular complexity index is 1040. The minimum absolute atomic E-state index is 0.215. The maximum Gasteiger partial charge on any atom is 0.306 e. The van der Waals surface area contributed by atoms with Crippen LogP contribution in [0.1, 0.15) is 258 Å². The largest absolute Gasteiger partial charge is 0.462 e. The van der Waals surface area contributed by atoms with Gasteiger partial charge in [0.1, 0.15) is 31.0 Å². The summed E-state index contributed by atoms with van der Waals surface area (Å²) in [5.41, 5.74) is 0. The normalized spacial score (nSPS) is 19.5. The summed E-state index contributed by atoms with van der Waals surface area (Å²) >= 11 is 0. The first-order chi connectivity index (χ1) is 30.8. The summed E-state index contributed by atoms with van der Waals surface area (Å²) in [7, 11) is 0. The Hall–Kier alpha value is -1.56. The predicted molar refractivity (Wildman–Crippen MR) is 256 cm³/mol. The molecule has 1 fully saturated rings. The molecule has 1 saturated heterocycles. The molecule has 1 heterocycles. The molecule has 63 heavy (non-hydrogen) atoms. The van der Waals surface area contributed by atoms with E-state index in [1.165, 1.54) is 173 Å². The second-order valence-corrected chi connectivity index (χ2v) is 18.7. The molecule has 1 aliphatic rings. The van der Waals surface area contributed by atoms with Gasteiger partial charge in [0.15, 0.2) is 12.4 Å². The number of unbranched alkanes of at least 4 members (excludes halogenated alkanes) is 33. The van der Waals surface area contributed by atoms with Crippen LogP contribution in [0.25, 0.3) is 0 Å². The average molecular weight is 897 g/mol. The number of ether oxygens (including phenoxy) is 4. The molecule has 1 aliphatic heterocycles. The van der Waals surface area contributed by atoms with E-state index < -0.39 is 49.4 Å². The zero-order chi connectivity index (χ0) is 45.9. The minimum atomic E-state index is -1.59. The summed E-state index contributed by atoms with van der Waals surface area (Å²) in [6.07, 6.45) is 42.3. The first-order valence-electron chi connectivity index (χ1n) is 26.8. The highest BCUT2D eigenvalue weighted by Crippen LogP contribution is 2.23. The molecule has 6 atom stereocenters. The summed E-state index contributed by atoms with van der Waals surface area (Å²) in [6.45, 7) is 3.46. The van der Waals surface area contributed by atoms with Crippen LogP contribution in [0.5, 0.6) is 0 Å². The predicted octanol–water partition coefficient (Wildman–Crippen LogP) is 12.7. The third-order valence-corrected chi connectivity index (χ3v) is 12.7. The van der Waals surface area contributed by atoms with Crippen molar-refractivity contribution in [3.8, 4) is 0 Å². The number of aliphatic hydroxyl groups is 4. The number of allylic oxidation sites excluding steroid dienone is 2. The standard InChI is InChI=1S/C53H100O10/c1-3-5-7-9-11-13-15-17-19-20-21-22-23-24-25-26-28-29-31-33-35-37-39-41-48(55)60-44-46(45-61-53-52(59)51(58)50(57)47(43-54)63-53)62-49(56)42-40-38-36-34-32-30-27-18-16-14-12-10-8-6-4-2/h18,27,46-47,50-54,57-59H,3-17,19-26,28-45H2,1-2H3/b27-18-. The third kappa shape index (κ3) is 35.3. The van der Waals surface area contributed by atoms with E-state index in [0.717, 1.165) is 51.4 Å². The summed E-state index contributed by atoms with van der Waals surface area (Å²) in [6, 6.07) is 0. The number of hydrogen-bond donors (Lipinski definition) is 4. The fraction of sp³-hybridized carbons (Fsp3) is 0.925.